The number of carbonyl (C=O) groups is 1. The van der Waals surface area contributed by atoms with Crippen molar-refractivity contribution in [3.8, 4) is 0 Å². The van der Waals surface area contributed by atoms with E-state index in [4.69, 9.17) is 4.98 Å². The number of aryl methyl sites for hydroxylation is 3. The van der Waals surface area contributed by atoms with Crippen LogP contribution < -0.4 is 5.32 Å². The van der Waals surface area contributed by atoms with E-state index in [-0.39, 0.29) is 0 Å². The summed E-state index contributed by atoms with van der Waals surface area (Å²) < 4.78 is 0. The number of carbonyl (C=O) groups excluding carboxylic acids is 1. The molecule has 1 aromatic heterocycles. The first-order valence-corrected chi connectivity index (χ1v) is 9.46. The third-order valence-electron chi connectivity index (χ3n) is 5.72. The minimum atomic E-state index is 0.297. The van der Waals surface area contributed by atoms with E-state index >= 15 is 0 Å². The van der Waals surface area contributed by atoms with E-state index in [9.17, 15) is 4.79 Å². The van der Waals surface area contributed by atoms with Crippen LogP contribution >= 0.6 is 0 Å². The number of nitrogens with one attached hydrogen (secondary N) is 1. The summed E-state index contributed by atoms with van der Waals surface area (Å²) in [5.74, 6) is 1.61. The maximum Gasteiger partial charge on any atom is 0.225 e. The maximum atomic E-state index is 12.4. The molecule has 2 aliphatic rings. The molecule has 132 valence electrons. The van der Waals surface area contributed by atoms with Crippen LogP contribution in [0.3, 0.4) is 0 Å². The predicted octanol–water partition coefficient (Wildman–Crippen LogP) is 3.97. The number of benzene rings is 1. The van der Waals surface area contributed by atoms with Gasteiger partial charge in [0.25, 0.3) is 0 Å². The van der Waals surface area contributed by atoms with E-state index in [0.29, 0.717) is 17.9 Å². The van der Waals surface area contributed by atoms with Crippen molar-refractivity contribution in [1.29, 1.82) is 0 Å². The highest BCUT2D eigenvalue weighted by molar-refractivity contribution is 5.87. The Bertz CT molecular complexity index is 825. The second-order valence-corrected chi connectivity index (χ2v) is 7.77. The second-order valence-electron chi connectivity index (χ2n) is 7.77. The zero-order chi connectivity index (χ0) is 17.6. The Hall–Kier alpha value is -2.10. The number of amides is 1. The lowest BCUT2D eigenvalue weighted by atomic mass is 10.0. The number of fused-ring (bicyclic) bond motifs is 1. The van der Waals surface area contributed by atoms with E-state index in [1.165, 1.54) is 22.1 Å². The van der Waals surface area contributed by atoms with E-state index < -0.39 is 0 Å². The van der Waals surface area contributed by atoms with Gasteiger partial charge in [-0.2, -0.15) is 0 Å². The molecule has 2 heterocycles. The van der Waals surface area contributed by atoms with Crippen molar-refractivity contribution >= 4 is 22.6 Å². The van der Waals surface area contributed by atoms with Gasteiger partial charge in [0.05, 0.1) is 5.52 Å². The summed E-state index contributed by atoms with van der Waals surface area (Å²) >= 11 is 0. The van der Waals surface area contributed by atoms with Crippen LogP contribution in [-0.4, -0.2) is 34.9 Å². The van der Waals surface area contributed by atoms with Gasteiger partial charge in [-0.3, -0.25) is 4.79 Å². The average Bonchev–Trinajstić information content (AvgIpc) is 3.43. The van der Waals surface area contributed by atoms with Gasteiger partial charge in [0.2, 0.25) is 5.91 Å². The highest BCUT2D eigenvalue weighted by Crippen LogP contribution is 2.32. The molecule has 1 aromatic carbocycles. The largest absolute Gasteiger partial charge is 0.366 e. The standard InChI is InChI=1S/C21H27N3O/c1-13-6-9-18-14(2)11-19(23-20(18)15(13)3)22-17-5-4-10-24(12-17)21(25)16-7-8-16/h6,9,11,16-17H,4-5,7-8,10,12H2,1-3H3,(H,22,23). The summed E-state index contributed by atoms with van der Waals surface area (Å²) in [7, 11) is 0. The van der Waals surface area contributed by atoms with Crippen LogP contribution in [0.2, 0.25) is 0 Å². The van der Waals surface area contributed by atoms with Crippen LogP contribution in [0.15, 0.2) is 18.2 Å². The van der Waals surface area contributed by atoms with Crippen LogP contribution in [0.5, 0.6) is 0 Å². The Morgan fingerprint density at radius 2 is 1.96 bits per heavy atom. The first kappa shape index (κ1) is 16.4. The molecular formula is C21H27N3O. The fraction of sp³-hybridized carbons (Fsp3) is 0.524. The van der Waals surface area contributed by atoms with E-state index in [1.54, 1.807) is 0 Å². The lowest BCUT2D eigenvalue weighted by Crippen LogP contribution is -2.45. The van der Waals surface area contributed by atoms with E-state index in [2.05, 4.69) is 49.2 Å². The minimum absolute atomic E-state index is 0.297. The van der Waals surface area contributed by atoms with Gasteiger partial charge >= 0.3 is 0 Å². The number of anilines is 1. The van der Waals surface area contributed by atoms with Crippen molar-refractivity contribution in [2.75, 3.05) is 18.4 Å². The molecule has 1 aliphatic heterocycles. The molecule has 0 bridgehead atoms. The normalized spacial score (nSPS) is 20.8. The highest BCUT2D eigenvalue weighted by atomic mass is 16.2. The SMILES string of the molecule is Cc1ccc2c(C)cc(NC3CCCN(C(=O)C4CC4)C3)nc2c1C. The summed E-state index contributed by atoms with van der Waals surface area (Å²) in [6.45, 7) is 8.14. The fourth-order valence-electron chi connectivity index (χ4n) is 3.87. The quantitative estimate of drug-likeness (QED) is 0.921. The molecule has 1 saturated heterocycles. The van der Waals surface area contributed by atoms with Gasteiger partial charge < -0.3 is 10.2 Å². The van der Waals surface area contributed by atoms with Gasteiger partial charge in [-0.15, -0.1) is 0 Å². The van der Waals surface area contributed by atoms with Gasteiger partial charge in [-0.1, -0.05) is 12.1 Å². The molecule has 25 heavy (non-hydrogen) atoms. The number of rotatable bonds is 3. The molecule has 1 amide bonds. The minimum Gasteiger partial charge on any atom is -0.366 e. The van der Waals surface area contributed by atoms with Gasteiger partial charge in [0.15, 0.2) is 0 Å². The van der Waals surface area contributed by atoms with Crippen molar-refractivity contribution in [1.82, 2.24) is 9.88 Å². The van der Waals surface area contributed by atoms with Gasteiger partial charge in [-0.25, -0.2) is 4.98 Å². The Morgan fingerprint density at radius 3 is 2.72 bits per heavy atom. The van der Waals surface area contributed by atoms with Gasteiger partial charge in [0, 0.05) is 30.4 Å². The lowest BCUT2D eigenvalue weighted by Gasteiger charge is -2.33. The molecule has 4 heteroatoms. The molecule has 4 rings (SSSR count). The average molecular weight is 337 g/mol. The number of pyridine rings is 1. The molecule has 0 radical (unpaired) electrons. The molecular weight excluding hydrogens is 310 g/mol. The summed E-state index contributed by atoms with van der Waals surface area (Å²) in [4.78, 5) is 19.3. The summed E-state index contributed by atoms with van der Waals surface area (Å²) in [5, 5.41) is 4.82. The summed E-state index contributed by atoms with van der Waals surface area (Å²) in [5.41, 5.74) is 4.86. The zero-order valence-corrected chi connectivity index (χ0v) is 15.4. The Balaban J connectivity index is 1.55. The van der Waals surface area contributed by atoms with Crippen LogP contribution in [-0.2, 0) is 4.79 Å². The monoisotopic (exact) mass is 337 g/mol. The molecule has 0 spiro atoms. The topological polar surface area (TPSA) is 45.2 Å². The number of likely N-dealkylation sites (tertiary alicyclic amines) is 1. The first-order valence-electron chi connectivity index (χ1n) is 9.46. The number of piperidine rings is 1. The smallest absolute Gasteiger partial charge is 0.225 e. The van der Waals surface area contributed by atoms with Crippen LogP contribution in [0.4, 0.5) is 5.82 Å². The molecule has 1 saturated carbocycles. The molecule has 1 aliphatic carbocycles. The van der Waals surface area contributed by atoms with Crippen LogP contribution in [0.1, 0.15) is 42.4 Å². The van der Waals surface area contributed by atoms with Crippen molar-refractivity contribution < 1.29 is 4.79 Å². The van der Waals surface area contributed by atoms with E-state index in [0.717, 1.165) is 50.1 Å². The van der Waals surface area contributed by atoms with Crippen molar-refractivity contribution in [3.05, 3.63) is 34.9 Å². The van der Waals surface area contributed by atoms with Crippen LogP contribution in [0.25, 0.3) is 10.9 Å². The predicted molar refractivity (Wildman–Crippen MR) is 102 cm³/mol. The number of nitrogens with zero attached hydrogens (tertiary/aromatic N) is 2. The summed E-state index contributed by atoms with van der Waals surface area (Å²) in [6.07, 6.45) is 4.33. The van der Waals surface area contributed by atoms with Crippen molar-refractivity contribution in [3.63, 3.8) is 0 Å². The zero-order valence-electron chi connectivity index (χ0n) is 15.4. The van der Waals surface area contributed by atoms with Crippen molar-refractivity contribution in [2.45, 2.75) is 52.5 Å². The van der Waals surface area contributed by atoms with E-state index in [1.807, 2.05) is 0 Å². The van der Waals surface area contributed by atoms with Crippen LogP contribution in [0, 0.1) is 26.7 Å². The molecule has 1 N–H and O–H groups in total. The molecule has 1 atom stereocenters. The molecule has 1 unspecified atom stereocenters. The number of hydrogen-bond donors (Lipinski definition) is 1. The van der Waals surface area contributed by atoms with Gasteiger partial charge in [-0.05, 0) is 69.2 Å². The third kappa shape index (κ3) is 3.22. The summed E-state index contributed by atoms with van der Waals surface area (Å²) in [6, 6.07) is 6.77. The number of aromatic nitrogens is 1. The third-order valence-corrected chi connectivity index (χ3v) is 5.72. The lowest BCUT2D eigenvalue weighted by molar-refractivity contribution is -0.133. The maximum absolute atomic E-state index is 12.4. The molecule has 4 nitrogen and oxygen atoms in total. The number of hydrogen-bond acceptors (Lipinski definition) is 3. The van der Waals surface area contributed by atoms with Crippen molar-refractivity contribution in [2.24, 2.45) is 5.92 Å². The molecule has 2 aromatic rings. The fourth-order valence-corrected chi connectivity index (χ4v) is 3.87. The Morgan fingerprint density at radius 1 is 1.16 bits per heavy atom. The Labute approximate surface area is 149 Å². The molecule has 2 fully saturated rings. The second kappa shape index (κ2) is 6.32. The first-order chi connectivity index (χ1) is 12.0. The highest BCUT2D eigenvalue weighted by Gasteiger charge is 2.35. The Kier molecular flexibility index (Phi) is 4.14. The van der Waals surface area contributed by atoms with Gasteiger partial charge in [0.1, 0.15) is 5.82 Å².